The lowest BCUT2D eigenvalue weighted by Gasteiger charge is -2.27. The second-order valence-electron chi connectivity index (χ2n) is 5.48. The molecule has 3 rings (SSSR count). The molecule has 0 saturated heterocycles. The van der Waals surface area contributed by atoms with Crippen molar-refractivity contribution in [3.63, 3.8) is 0 Å². The van der Waals surface area contributed by atoms with E-state index in [-0.39, 0.29) is 11.7 Å². The normalized spacial score (nSPS) is 30.7. The van der Waals surface area contributed by atoms with E-state index in [0.29, 0.717) is 5.88 Å². The molecule has 0 spiro atoms. The fourth-order valence-corrected chi connectivity index (χ4v) is 3.34. The topological polar surface area (TPSA) is 22.1 Å². The number of aromatic nitrogens is 1. The summed E-state index contributed by atoms with van der Waals surface area (Å²) >= 11 is 0. The predicted octanol–water partition coefficient (Wildman–Crippen LogP) is 3.98. The van der Waals surface area contributed by atoms with E-state index in [2.05, 4.69) is 4.98 Å². The molecule has 1 heterocycles. The Labute approximate surface area is 105 Å². The standard InChI is InChI=1S/C14H17F2NO/c15-14(16)11-3-4-17-13(8-11)18-12-6-9-1-2-10(5-9)7-12/h3-4,8-10,12,14H,1-2,5-7H2/t9-,10+,12?. The van der Waals surface area contributed by atoms with Crippen LogP contribution < -0.4 is 4.74 Å². The molecule has 0 aromatic carbocycles. The molecule has 1 unspecified atom stereocenters. The van der Waals surface area contributed by atoms with Crippen molar-refractivity contribution in [3.8, 4) is 5.88 Å². The summed E-state index contributed by atoms with van der Waals surface area (Å²) in [4.78, 5) is 4.03. The van der Waals surface area contributed by atoms with Gasteiger partial charge in [-0.1, -0.05) is 12.8 Å². The van der Waals surface area contributed by atoms with Crippen LogP contribution in [-0.4, -0.2) is 11.1 Å². The Morgan fingerprint density at radius 1 is 1.17 bits per heavy atom. The van der Waals surface area contributed by atoms with Gasteiger partial charge in [0.1, 0.15) is 6.10 Å². The highest BCUT2D eigenvalue weighted by atomic mass is 19.3. The second kappa shape index (κ2) is 4.82. The molecule has 0 amide bonds. The number of nitrogens with zero attached hydrogens (tertiary/aromatic N) is 1. The molecule has 2 aliphatic carbocycles. The maximum atomic E-state index is 12.6. The van der Waals surface area contributed by atoms with E-state index in [4.69, 9.17) is 4.74 Å². The molecule has 2 nitrogen and oxygen atoms in total. The summed E-state index contributed by atoms with van der Waals surface area (Å²) in [6.07, 6.45) is 5.13. The first-order chi connectivity index (χ1) is 8.70. The third-order valence-corrected chi connectivity index (χ3v) is 4.14. The van der Waals surface area contributed by atoms with Crippen molar-refractivity contribution >= 4 is 0 Å². The summed E-state index contributed by atoms with van der Waals surface area (Å²) in [5, 5.41) is 0. The summed E-state index contributed by atoms with van der Waals surface area (Å²) in [6, 6.07) is 2.70. The van der Waals surface area contributed by atoms with Crippen molar-refractivity contribution in [1.82, 2.24) is 4.98 Å². The third-order valence-electron chi connectivity index (χ3n) is 4.14. The van der Waals surface area contributed by atoms with Crippen LogP contribution in [0.1, 0.15) is 44.1 Å². The Morgan fingerprint density at radius 3 is 2.56 bits per heavy atom. The van der Waals surface area contributed by atoms with Gasteiger partial charge in [0, 0.05) is 17.8 Å². The minimum atomic E-state index is -2.46. The van der Waals surface area contributed by atoms with Gasteiger partial charge in [-0.15, -0.1) is 0 Å². The van der Waals surface area contributed by atoms with Gasteiger partial charge in [-0.05, 0) is 37.2 Å². The maximum absolute atomic E-state index is 12.6. The fraction of sp³-hybridized carbons (Fsp3) is 0.643. The maximum Gasteiger partial charge on any atom is 0.264 e. The van der Waals surface area contributed by atoms with Crippen LogP contribution in [0.4, 0.5) is 8.78 Å². The number of fused-ring (bicyclic) bond motifs is 2. The smallest absolute Gasteiger partial charge is 0.264 e. The van der Waals surface area contributed by atoms with E-state index >= 15 is 0 Å². The molecule has 18 heavy (non-hydrogen) atoms. The predicted molar refractivity (Wildman–Crippen MR) is 63.7 cm³/mol. The molecule has 2 aliphatic rings. The second-order valence-corrected chi connectivity index (χ2v) is 5.48. The van der Waals surface area contributed by atoms with Crippen LogP contribution in [0.15, 0.2) is 18.3 Å². The molecule has 0 N–H and O–H groups in total. The summed E-state index contributed by atoms with van der Waals surface area (Å²) in [7, 11) is 0. The van der Waals surface area contributed by atoms with Gasteiger partial charge in [-0.3, -0.25) is 0 Å². The average Bonchev–Trinajstić information content (AvgIpc) is 2.69. The Morgan fingerprint density at radius 2 is 1.89 bits per heavy atom. The third kappa shape index (κ3) is 2.47. The molecule has 1 aromatic heterocycles. The van der Waals surface area contributed by atoms with Gasteiger partial charge < -0.3 is 4.74 Å². The Hall–Kier alpha value is -1.19. The number of pyridine rings is 1. The van der Waals surface area contributed by atoms with Crippen LogP contribution in [0.2, 0.25) is 0 Å². The van der Waals surface area contributed by atoms with Crippen LogP contribution in [0.3, 0.4) is 0 Å². The van der Waals surface area contributed by atoms with E-state index in [1.807, 2.05) is 0 Å². The van der Waals surface area contributed by atoms with Crippen LogP contribution in [0.25, 0.3) is 0 Å². The molecule has 0 radical (unpaired) electrons. The van der Waals surface area contributed by atoms with E-state index in [1.54, 1.807) is 0 Å². The van der Waals surface area contributed by atoms with E-state index in [9.17, 15) is 8.78 Å². The lowest BCUT2D eigenvalue weighted by molar-refractivity contribution is 0.112. The van der Waals surface area contributed by atoms with Gasteiger partial charge in [0.25, 0.3) is 6.43 Å². The number of hydrogen-bond acceptors (Lipinski definition) is 2. The van der Waals surface area contributed by atoms with Gasteiger partial charge in [-0.25, -0.2) is 13.8 Å². The molecule has 98 valence electrons. The van der Waals surface area contributed by atoms with Crippen LogP contribution in [0, 0.1) is 11.8 Å². The number of halogens is 2. The van der Waals surface area contributed by atoms with Gasteiger partial charge in [-0.2, -0.15) is 0 Å². The van der Waals surface area contributed by atoms with Gasteiger partial charge >= 0.3 is 0 Å². The van der Waals surface area contributed by atoms with E-state index in [0.717, 1.165) is 24.7 Å². The average molecular weight is 253 g/mol. The summed E-state index contributed by atoms with van der Waals surface area (Å²) in [5.41, 5.74) is -0.0150. The minimum Gasteiger partial charge on any atom is -0.474 e. The molecule has 2 fully saturated rings. The zero-order chi connectivity index (χ0) is 12.5. The van der Waals surface area contributed by atoms with Crippen LogP contribution in [-0.2, 0) is 0 Å². The lowest BCUT2D eigenvalue weighted by Crippen LogP contribution is -2.26. The number of rotatable bonds is 3. The zero-order valence-corrected chi connectivity index (χ0v) is 10.2. The van der Waals surface area contributed by atoms with E-state index < -0.39 is 6.43 Å². The Balaban J connectivity index is 1.67. The molecular weight excluding hydrogens is 236 g/mol. The summed E-state index contributed by atoms with van der Waals surface area (Å²) in [6.45, 7) is 0. The largest absolute Gasteiger partial charge is 0.474 e. The Bertz CT molecular complexity index is 412. The summed E-state index contributed by atoms with van der Waals surface area (Å²) < 4.78 is 30.9. The van der Waals surface area contributed by atoms with Gasteiger partial charge in [0.15, 0.2) is 0 Å². The summed E-state index contributed by atoms with van der Waals surface area (Å²) in [5.74, 6) is 1.89. The van der Waals surface area contributed by atoms with Crippen molar-refractivity contribution in [3.05, 3.63) is 23.9 Å². The molecule has 4 heteroatoms. The number of hydrogen-bond donors (Lipinski definition) is 0. The van der Waals surface area contributed by atoms with Crippen molar-refractivity contribution < 1.29 is 13.5 Å². The molecule has 2 bridgehead atoms. The first-order valence-corrected chi connectivity index (χ1v) is 6.61. The van der Waals surface area contributed by atoms with E-state index in [1.165, 1.54) is 37.6 Å². The first kappa shape index (κ1) is 11.9. The number of alkyl halides is 2. The monoisotopic (exact) mass is 253 g/mol. The number of ether oxygens (including phenoxy) is 1. The highest BCUT2D eigenvalue weighted by molar-refractivity contribution is 5.21. The SMILES string of the molecule is FC(F)c1ccnc(OC2C[C@H]3CC[C@@H](C2)C3)c1. The zero-order valence-electron chi connectivity index (χ0n) is 10.2. The van der Waals surface area contributed by atoms with Gasteiger partial charge in [0.05, 0.1) is 0 Å². The lowest BCUT2D eigenvalue weighted by atomic mass is 9.87. The Kier molecular flexibility index (Phi) is 3.18. The van der Waals surface area contributed by atoms with Crippen molar-refractivity contribution in [1.29, 1.82) is 0 Å². The molecule has 1 aromatic rings. The molecule has 3 atom stereocenters. The van der Waals surface area contributed by atoms with Crippen molar-refractivity contribution in [2.75, 3.05) is 0 Å². The van der Waals surface area contributed by atoms with Gasteiger partial charge in [0.2, 0.25) is 5.88 Å². The minimum absolute atomic E-state index is 0.0150. The highest BCUT2D eigenvalue weighted by Crippen LogP contribution is 2.43. The quantitative estimate of drug-likeness (QED) is 0.813. The first-order valence-electron chi connectivity index (χ1n) is 6.61. The van der Waals surface area contributed by atoms with Crippen LogP contribution >= 0.6 is 0 Å². The van der Waals surface area contributed by atoms with Crippen molar-refractivity contribution in [2.45, 2.75) is 44.6 Å². The molecule has 0 aliphatic heterocycles. The fourth-order valence-electron chi connectivity index (χ4n) is 3.34. The molecular formula is C14H17F2NO. The van der Waals surface area contributed by atoms with Crippen LogP contribution in [0.5, 0.6) is 5.88 Å². The van der Waals surface area contributed by atoms with Crippen molar-refractivity contribution in [2.24, 2.45) is 11.8 Å². The highest BCUT2D eigenvalue weighted by Gasteiger charge is 2.35. The molecule has 2 saturated carbocycles.